The number of benzene rings is 2. The molecule has 4 N–H and O–H groups in total. The zero-order valence-electron chi connectivity index (χ0n) is 30.2. The Hall–Kier alpha value is -4.82. The van der Waals surface area contributed by atoms with E-state index in [0.29, 0.717) is 17.7 Å². The van der Waals surface area contributed by atoms with Gasteiger partial charge in [0.15, 0.2) is 0 Å². The van der Waals surface area contributed by atoms with Crippen LogP contribution in [0.4, 0.5) is 0 Å². The van der Waals surface area contributed by atoms with Gasteiger partial charge in [-0.1, -0.05) is 82.6 Å². The molecule has 3 rings (SSSR count). The van der Waals surface area contributed by atoms with E-state index in [0.717, 1.165) is 0 Å². The number of ketones is 1. The molecule has 14 heteroatoms. The van der Waals surface area contributed by atoms with Crippen LogP contribution in [0.15, 0.2) is 60.7 Å². The average Bonchev–Trinajstić information content (AvgIpc) is 3.54. The number of Topliss-reactive ketones (excluding diaryl/α,β-unsaturated/α-hetero) is 1. The second kappa shape index (κ2) is 19.0. The Balaban J connectivity index is 1.65. The van der Waals surface area contributed by atoms with Crippen LogP contribution in [0.2, 0.25) is 0 Å². The number of nitrogens with one attached hydrogen (secondary N) is 3. The molecule has 0 spiro atoms. The third kappa shape index (κ3) is 11.9. The summed E-state index contributed by atoms with van der Waals surface area (Å²) in [5.41, 5.74) is -0.271. The summed E-state index contributed by atoms with van der Waals surface area (Å²) >= 11 is 0. The molecule has 1 saturated heterocycles. The minimum absolute atomic E-state index is 0.0255. The lowest BCUT2D eigenvalue weighted by Gasteiger charge is -2.32. The van der Waals surface area contributed by atoms with Crippen molar-refractivity contribution in [1.82, 2.24) is 25.8 Å². The van der Waals surface area contributed by atoms with Gasteiger partial charge >= 0.3 is 0 Å². The van der Waals surface area contributed by atoms with Crippen LogP contribution in [0.25, 0.3) is 0 Å². The lowest BCUT2D eigenvalue weighted by Crippen LogP contribution is -2.55. The Labute approximate surface area is 299 Å². The predicted octanol–water partition coefficient (Wildman–Crippen LogP) is 1.37. The lowest BCUT2D eigenvalue weighted by molar-refractivity contribution is -0.150. The van der Waals surface area contributed by atoms with Gasteiger partial charge in [0.1, 0.15) is 30.5 Å². The maximum absolute atomic E-state index is 13.7. The highest BCUT2D eigenvalue weighted by molar-refractivity contribution is 6.38. The van der Waals surface area contributed by atoms with Crippen LogP contribution in [-0.4, -0.2) is 115 Å². The largest absolute Gasteiger partial charge is 0.491 e. The molecule has 1 heterocycles. The first-order valence-electron chi connectivity index (χ1n) is 17.1. The van der Waals surface area contributed by atoms with E-state index in [1.807, 2.05) is 30.3 Å². The van der Waals surface area contributed by atoms with Gasteiger partial charge in [-0.25, -0.2) is 0 Å². The van der Waals surface area contributed by atoms with Gasteiger partial charge in [0.2, 0.25) is 23.5 Å². The van der Waals surface area contributed by atoms with Crippen molar-refractivity contribution in [3.8, 4) is 5.75 Å². The molecule has 2 aromatic carbocycles. The maximum Gasteiger partial charge on any atom is 0.290 e. The minimum Gasteiger partial charge on any atom is -0.491 e. The van der Waals surface area contributed by atoms with Gasteiger partial charge in [0.25, 0.3) is 11.8 Å². The van der Waals surface area contributed by atoms with E-state index in [4.69, 9.17) is 9.47 Å². The number of hydrogen-bond donors (Lipinski definition) is 4. The van der Waals surface area contributed by atoms with Gasteiger partial charge in [-0.3, -0.25) is 28.8 Å². The molecule has 1 aliphatic rings. The highest BCUT2D eigenvalue weighted by Gasteiger charge is 2.45. The molecule has 0 bridgehead atoms. The summed E-state index contributed by atoms with van der Waals surface area (Å²) in [5.74, 6) is -3.82. The maximum atomic E-state index is 13.7. The standard InChI is InChI=1S/C37H51N5O9/c1-7-14-27(31(44)34(47)38-22-29(43)40-30(35(48)41(5)6)24-15-10-8-11-16-24)39-33(46)28-21-26(23-42(28)36(49)32(45)37(2,3)4)51-20-19-50-25-17-12-9-13-18-25/h8-13,15-18,26-28,30,32,45H,7,14,19-23H2,1-6H3,(H,38,47)(H,39,46)(H,40,43)/t26-,27?,28+,30+,32-/m1/s1. The number of aliphatic hydroxyl groups is 1. The van der Waals surface area contributed by atoms with Crippen molar-refractivity contribution in [3.63, 3.8) is 0 Å². The van der Waals surface area contributed by atoms with Crippen molar-refractivity contribution in [2.24, 2.45) is 5.41 Å². The average molecular weight is 710 g/mol. The highest BCUT2D eigenvalue weighted by Crippen LogP contribution is 2.27. The second-order valence-electron chi connectivity index (χ2n) is 13.7. The SMILES string of the molecule is CCCC(NC(=O)[C@@H]1C[C@@H](OCCOc2ccccc2)CN1C(=O)[C@@H](O)C(C)(C)C)C(=O)C(=O)NCC(=O)N[C@H](C(=O)N(C)C)c1ccccc1. The minimum atomic E-state index is -1.41. The van der Waals surface area contributed by atoms with Crippen molar-refractivity contribution in [1.29, 1.82) is 0 Å². The number of rotatable bonds is 17. The smallest absolute Gasteiger partial charge is 0.290 e. The molecule has 2 aromatic rings. The van der Waals surface area contributed by atoms with Crippen LogP contribution in [0, 0.1) is 5.41 Å². The fourth-order valence-corrected chi connectivity index (χ4v) is 5.46. The lowest BCUT2D eigenvalue weighted by atomic mass is 9.88. The van der Waals surface area contributed by atoms with Crippen molar-refractivity contribution in [2.45, 2.75) is 77.3 Å². The van der Waals surface area contributed by atoms with Gasteiger partial charge in [-0.15, -0.1) is 0 Å². The first-order chi connectivity index (χ1) is 24.1. The second-order valence-corrected chi connectivity index (χ2v) is 13.7. The monoisotopic (exact) mass is 709 g/mol. The Morgan fingerprint density at radius 3 is 2.16 bits per heavy atom. The topological polar surface area (TPSA) is 184 Å². The third-order valence-corrected chi connectivity index (χ3v) is 8.32. The molecule has 1 fully saturated rings. The molecule has 14 nitrogen and oxygen atoms in total. The van der Waals surface area contributed by atoms with Gasteiger partial charge in [0, 0.05) is 27.1 Å². The Bertz CT molecular complexity index is 1500. The van der Waals surface area contributed by atoms with E-state index in [9.17, 15) is 33.9 Å². The zero-order valence-corrected chi connectivity index (χ0v) is 30.2. The molecule has 51 heavy (non-hydrogen) atoms. The van der Waals surface area contributed by atoms with E-state index in [1.165, 1.54) is 9.80 Å². The van der Waals surface area contributed by atoms with Gasteiger partial charge in [-0.05, 0) is 29.5 Å². The van der Waals surface area contributed by atoms with Gasteiger partial charge in [0.05, 0.1) is 25.3 Å². The summed E-state index contributed by atoms with van der Waals surface area (Å²) in [6, 6.07) is 14.4. The molecule has 5 atom stereocenters. The van der Waals surface area contributed by atoms with Crippen molar-refractivity contribution in [2.75, 3.05) is 40.4 Å². The normalized spacial score (nSPS) is 17.4. The van der Waals surface area contributed by atoms with E-state index in [-0.39, 0.29) is 38.5 Å². The summed E-state index contributed by atoms with van der Waals surface area (Å²) in [6.07, 6.45) is -1.34. The van der Waals surface area contributed by atoms with Crippen LogP contribution in [-0.2, 0) is 33.5 Å². The molecule has 0 aliphatic carbocycles. The van der Waals surface area contributed by atoms with Crippen LogP contribution in [0.3, 0.4) is 0 Å². The van der Waals surface area contributed by atoms with Crippen molar-refractivity contribution >= 4 is 35.3 Å². The first kappa shape index (κ1) is 40.6. The van der Waals surface area contributed by atoms with Crippen molar-refractivity contribution in [3.05, 3.63) is 66.2 Å². The number of likely N-dealkylation sites (N-methyl/N-ethyl adjacent to an activating group) is 1. The molecule has 0 radical (unpaired) electrons. The van der Waals surface area contributed by atoms with E-state index in [2.05, 4.69) is 16.0 Å². The number of nitrogens with zero attached hydrogens (tertiary/aromatic N) is 2. The number of hydrogen-bond acceptors (Lipinski definition) is 9. The van der Waals surface area contributed by atoms with Gasteiger partial charge in [-0.2, -0.15) is 0 Å². The molecule has 278 valence electrons. The third-order valence-electron chi connectivity index (χ3n) is 8.32. The van der Waals surface area contributed by atoms with Crippen LogP contribution in [0.1, 0.15) is 58.6 Å². The molecular formula is C37H51N5O9. The fraction of sp³-hybridized carbons (Fsp3) is 0.514. The number of carbonyl (C=O) groups excluding carboxylic acids is 6. The Kier molecular flexibility index (Phi) is 15.1. The quantitative estimate of drug-likeness (QED) is 0.139. The number of amides is 5. The Morgan fingerprint density at radius 2 is 1.57 bits per heavy atom. The summed E-state index contributed by atoms with van der Waals surface area (Å²) in [5, 5.41) is 18.3. The molecule has 0 saturated carbocycles. The number of aliphatic hydroxyl groups excluding tert-OH is 1. The fourth-order valence-electron chi connectivity index (χ4n) is 5.46. The van der Waals surface area contributed by atoms with E-state index in [1.54, 1.807) is 72.1 Å². The summed E-state index contributed by atoms with van der Waals surface area (Å²) < 4.78 is 11.6. The summed E-state index contributed by atoms with van der Waals surface area (Å²) in [4.78, 5) is 81.5. The summed E-state index contributed by atoms with van der Waals surface area (Å²) in [7, 11) is 3.10. The summed E-state index contributed by atoms with van der Waals surface area (Å²) in [6.45, 7) is 6.72. The molecule has 0 aromatic heterocycles. The van der Waals surface area contributed by atoms with Crippen LogP contribution < -0.4 is 20.7 Å². The first-order valence-corrected chi connectivity index (χ1v) is 17.1. The highest BCUT2D eigenvalue weighted by atomic mass is 16.5. The molecule has 1 aliphatic heterocycles. The van der Waals surface area contributed by atoms with Crippen LogP contribution >= 0.6 is 0 Å². The van der Waals surface area contributed by atoms with Gasteiger partial charge < -0.3 is 40.3 Å². The molecular weight excluding hydrogens is 658 g/mol. The number of para-hydroxylation sites is 1. The van der Waals surface area contributed by atoms with Crippen molar-refractivity contribution < 1.29 is 43.3 Å². The molecule has 5 amide bonds. The van der Waals surface area contributed by atoms with E-state index < -0.39 is 71.7 Å². The van der Waals surface area contributed by atoms with Crippen LogP contribution in [0.5, 0.6) is 5.75 Å². The predicted molar refractivity (Wildman–Crippen MR) is 188 cm³/mol. The molecule has 1 unspecified atom stereocenters. The van der Waals surface area contributed by atoms with E-state index >= 15 is 0 Å². The number of likely N-dealkylation sites (tertiary alicyclic amines) is 1. The number of carbonyl (C=O) groups is 6. The Morgan fingerprint density at radius 1 is 0.941 bits per heavy atom. The zero-order chi connectivity index (χ0) is 37.7. The number of ether oxygens (including phenoxy) is 2.